The van der Waals surface area contributed by atoms with Crippen molar-refractivity contribution in [3.63, 3.8) is 0 Å². The van der Waals surface area contributed by atoms with Gasteiger partial charge in [0.2, 0.25) is 0 Å². The minimum absolute atomic E-state index is 0. The van der Waals surface area contributed by atoms with Crippen molar-refractivity contribution in [1.82, 2.24) is 14.1 Å². The molecule has 0 radical (unpaired) electrons. The van der Waals surface area contributed by atoms with Crippen LogP contribution in [0.5, 0.6) is 11.5 Å². The van der Waals surface area contributed by atoms with Crippen molar-refractivity contribution in [3.05, 3.63) is 257 Å². The quantitative estimate of drug-likeness (QED) is 0.118. The Morgan fingerprint density at radius 1 is 0.520 bits per heavy atom. The SMILES string of the molecule is [2H]c1c([2H])c2c(c([2H])c1-c1cc3c4c(c1)n(-c1[c-]c(Oc5[c-]c6c(cc5)c5ccccc5n6-c5cc(C(C)(C)C)ccn5)ccc1)[c-][n+]4-c1c(-c4ccc(C(C)(C)C)cc4)cc(-c4c(C([2H])([2H])[2H])cccc4C([2H])([2H])[2H])cc1-c1cc4c(cc1-c1ccccc1-3)C(C)(C)CCC4(C)C)C(C([2H])([2H])[2H])(C([2H])([2H])[2H])C([2H])([2H])C([2H])([2H])C2(C([2H])([2H])[2H])C([2H])([2H])[2H].[Pt]. The molecule has 0 atom stereocenters. The largest absolute Gasteiger partial charge is 0.510 e. The van der Waals surface area contributed by atoms with Crippen LogP contribution in [0.1, 0.15) is 201 Å². The Hall–Kier alpha value is -8.89. The molecule has 6 heteroatoms. The van der Waals surface area contributed by atoms with Gasteiger partial charge in [-0.05, 0) is 237 Å². The standard InChI is InChI=1S/C92H88N4O.Pt/c1-56-23-21-24-57(2)84(56)61-46-71(58-31-34-62(35-32-58)87(3,4)5)85-75(47-61)73-54-79-78(91(13,14)42-43-92(79,15)16)53-72(73)67-27-17-18-28-68(67)74-45-60(59-33-38-76-77(48-59)90(11,12)41-40-89(76,9)10)49-82-86(74)95(85)55-94(82)64-25-22-26-65(51-64)97-66-36-37-70-69-29-19-20-30-80(69)96(81(70)52-66)83-50-63(39-44-93-83)88(6,7)8;/h17-39,44-50,53-54H,40-43H2,1-16H3;/q-2;/i1D3,2D3,9D3,10D3,11D3,12D3,33D,38D,40D2,41D2,48D;. The monoisotopic (exact) mass is 1480 g/mol. The number of aromatic nitrogens is 4. The Labute approximate surface area is 630 Å². The van der Waals surface area contributed by atoms with E-state index in [1.807, 2.05) is 95.6 Å². The van der Waals surface area contributed by atoms with Gasteiger partial charge >= 0.3 is 0 Å². The molecule has 0 N–H and O–H groups in total. The molecule has 0 spiro atoms. The summed E-state index contributed by atoms with van der Waals surface area (Å²) in [5.74, 6) is 0.999. The third kappa shape index (κ3) is 10.8. The van der Waals surface area contributed by atoms with Gasteiger partial charge in [0.25, 0.3) is 6.33 Å². The average Bonchev–Trinajstić information content (AvgIpc) is 1.56. The second-order valence-corrected chi connectivity index (χ2v) is 29.7. The maximum atomic E-state index is 10.7. The molecule has 13 aromatic rings. The smallest absolute Gasteiger partial charge is 0.268 e. The normalized spacial score (nSPS) is 21.2. The summed E-state index contributed by atoms with van der Waals surface area (Å²) in [5.41, 5.74) is -5.06. The number of benzene rings is 10. The van der Waals surface area contributed by atoms with Crippen LogP contribution < -0.4 is 9.30 Å². The summed E-state index contributed by atoms with van der Waals surface area (Å²) in [5, 5.41) is 1.77. The van der Waals surface area contributed by atoms with Crippen molar-refractivity contribution < 1.29 is 64.6 Å². The summed E-state index contributed by atoms with van der Waals surface area (Å²) in [6.45, 7) is -1.89. The molecular weight excluding hydrogens is 1370 g/mol. The fraction of sp³-hybridized carbons (Fsp3) is 0.283. The van der Waals surface area contributed by atoms with Crippen LogP contribution in [0.2, 0.25) is 0 Å². The molecule has 10 aromatic carbocycles. The number of nitrogens with zero attached hydrogens (tertiary/aromatic N) is 4. The molecule has 5 nitrogen and oxygen atoms in total. The van der Waals surface area contributed by atoms with E-state index in [-0.39, 0.29) is 88.1 Å². The Bertz CT molecular complexity index is 6480. The molecule has 0 amide bonds. The number of fused-ring (bicyclic) bond motifs is 12. The molecule has 3 aromatic heterocycles. The summed E-state index contributed by atoms with van der Waals surface area (Å²) in [6, 6.07) is 53.8. The summed E-state index contributed by atoms with van der Waals surface area (Å²) in [6.07, 6.45) is -2.20. The first-order chi connectivity index (χ1) is 56.3. The van der Waals surface area contributed by atoms with Crippen LogP contribution in [0.25, 0.3) is 117 Å². The number of rotatable bonds is 7. The van der Waals surface area contributed by atoms with Crippen molar-refractivity contribution in [2.24, 2.45) is 0 Å². The first kappa shape index (κ1) is 42.1. The van der Waals surface area contributed by atoms with E-state index in [9.17, 15) is 17.8 Å². The zero-order chi connectivity index (χ0) is 88.8. The molecule has 98 heavy (non-hydrogen) atoms. The van der Waals surface area contributed by atoms with Crippen LogP contribution in [0, 0.1) is 32.2 Å². The maximum Gasteiger partial charge on any atom is 0.268 e. The van der Waals surface area contributed by atoms with Gasteiger partial charge < -0.3 is 13.9 Å². The minimum Gasteiger partial charge on any atom is -0.510 e. The van der Waals surface area contributed by atoms with Crippen molar-refractivity contribution >= 4 is 32.8 Å². The zero-order valence-corrected chi connectivity index (χ0v) is 58.4. The number of hydrogen-bond acceptors (Lipinski definition) is 2. The number of para-hydroxylation sites is 1. The van der Waals surface area contributed by atoms with E-state index in [1.165, 1.54) is 30.3 Å². The van der Waals surface area contributed by atoms with Gasteiger partial charge in [0.15, 0.2) is 0 Å². The fourth-order valence-electron chi connectivity index (χ4n) is 14.7. The summed E-state index contributed by atoms with van der Waals surface area (Å²) < 4.78 is 248. The van der Waals surface area contributed by atoms with Gasteiger partial charge in [-0.15, -0.1) is 29.7 Å². The Morgan fingerprint density at radius 3 is 1.85 bits per heavy atom. The summed E-state index contributed by atoms with van der Waals surface area (Å²) in [7, 11) is 0. The second-order valence-electron chi connectivity index (χ2n) is 29.7. The predicted octanol–water partition coefficient (Wildman–Crippen LogP) is 23.8. The van der Waals surface area contributed by atoms with Gasteiger partial charge in [0, 0.05) is 74.4 Å². The van der Waals surface area contributed by atoms with E-state index >= 15 is 0 Å². The predicted molar refractivity (Wildman–Crippen MR) is 404 cm³/mol. The summed E-state index contributed by atoms with van der Waals surface area (Å²) >= 11 is 0. The van der Waals surface area contributed by atoms with Crippen molar-refractivity contribution in [2.45, 2.75) is 168 Å². The topological polar surface area (TPSA) is 35.9 Å². The molecule has 16 rings (SSSR count). The molecule has 0 saturated carbocycles. The van der Waals surface area contributed by atoms with Crippen LogP contribution in [0.15, 0.2) is 194 Å². The van der Waals surface area contributed by atoms with Crippen LogP contribution in [-0.4, -0.2) is 14.1 Å². The molecular formula is C92H88N4OPt-2. The number of ether oxygens (including phenoxy) is 1. The van der Waals surface area contributed by atoms with Gasteiger partial charge in [0.05, 0.1) is 20.8 Å². The maximum absolute atomic E-state index is 10.7. The van der Waals surface area contributed by atoms with Gasteiger partial charge in [0.1, 0.15) is 5.82 Å². The Balaban J connectivity index is 0.0000117. The molecule has 4 heterocycles. The Morgan fingerprint density at radius 2 is 1.15 bits per heavy atom. The van der Waals surface area contributed by atoms with Crippen molar-refractivity contribution in [2.75, 3.05) is 0 Å². The van der Waals surface area contributed by atoms with Crippen LogP contribution in [-0.2, 0) is 53.6 Å². The number of aryl methyl sites for hydroxylation is 2. The number of hydrogen-bond donors (Lipinski definition) is 0. The van der Waals surface area contributed by atoms with E-state index in [0.717, 1.165) is 51.4 Å². The third-order valence-electron chi connectivity index (χ3n) is 20.2. The van der Waals surface area contributed by atoms with E-state index in [4.69, 9.17) is 26.2 Å². The fourth-order valence-corrected chi connectivity index (χ4v) is 14.7. The third-order valence-corrected chi connectivity index (χ3v) is 20.2. The Kier molecular flexibility index (Phi) is 9.94. The van der Waals surface area contributed by atoms with E-state index in [2.05, 4.69) is 99.8 Å². The zero-order valence-electron chi connectivity index (χ0n) is 81.2. The molecule has 494 valence electrons. The van der Waals surface area contributed by atoms with E-state index in [1.54, 1.807) is 51.7 Å². The van der Waals surface area contributed by atoms with Crippen LogP contribution >= 0.6 is 0 Å². The van der Waals surface area contributed by atoms with E-state index < -0.39 is 116 Å². The minimum atomic E-state index is -4.62. The van der Waals surface area contributed by atoms with Gasteiger partial charge in [-0.3, -0.25) is 4.57 Å². The van der Waals surface area contributed by atoms with Gasteiger partial charge in [-0.1, -0.05) is 217 Å². The molecule has 2 aliphatic carbocycles. The van der Waals surface area contributed by atoms with Crippen molar-refractivity contribution in [1.29, 1.82) is 0 Å². The molecule has 0 unspecified atom stereocenters. The van der Waals surface area contributed by atoms with Gasteiger partial charge in [-0.25, -0.2) is 4.98 Å². The molecule has 0 bridgehead atoms. The summed E-state index contributed by atoms with van der Waals surface area (Å²) in [4.78, 5) is 4.88. The number of pyridine rings is 1. The van der Waals surface area contributed by atoms with E-state index in [0.29, 0.717) is 56.0 Å². The van der Waals surface area contributed by atoms with Gasteiger partial charge in [-0.2, -0.15) is 18.2 Å². The molecule has 1 aliphatic heterocycles. The first-order valence-corrected chi connectivity index (χ1v) is 32.9. The second kappa shape index (κ2) is 23.1. The first-order valence-electron chi connectivity index (χ1n) is 45.4. The number of imidazole rings is 1. The van der Waals surface area contributed by atoms with Crippen molar-refractivity contribution in [3.8, 4) is 95.5 Å². The van der Waals surface area contributed by atoms with Crippen LogP contribution in [0.4, 0.5) is 0 Å². The molecule has 0 fully saturated rings. The molecule has 3 aliphatic rings. The molecule has 0 saturated heterocycles. The average molecular weight is 1490 g/mol. The van der Waals surface area contributed by atoms with Crippen LogP contribution in [0.3, 0.4) is 0 Å².